The molecule has 7 nitrogen and oxygen atoms in total. The molecule has 0 saturated heterocycles. The molecule has 2 N–H and O–H groups in total. The van der Waals surface area contributed by atoms with Gasteiger partial charge >= 0.3 is 13.7 Å². The number of ether oxygens (including phenoxy) is 1. The summed E-state index contributed by atoms with van der Waals surface area (Å²) in [5.74, 6) is -1.47. The molecule has 1 amide bonds. The molecule has 0 aliphatic rings. The Morgan fingerprint density at radius 1 is 1.28 bits per heavy atom. The normalized spacial score (nSPS) is 15.9. The number of carbonyl (C=O) groups excluding carboxylic acids is 1. The Labute approximate surface area is 107 Å². The van der Waals surface area contributed by atoms with Gasteiger partial charge in [0.2, 0.25) is 0 Å². The number of carbonyl (C=O) groups is 1. The summed E-state index contributed by atoms with van der Waals surface area (Å²) in [4.78, 5) is 11.5. The molecule has 8 heteroatoms. The average Bonchev–Trinajstić information content (AvgIpc) is 2.24. The van der Waals surface area contributed by atoms with E-state index in [1.165, 1.54) is 6.92 Å². The molecule has 0 aromatic rings. The van der Waals surface area contributed by atoms with E-state index in [9.17, 15) is 14.5 Å². The molecule has 0 aliphatic carbocycles. The maximum Gasteiger partial charge on any atom is 0.407 e. The van der Waals surface area contributed by atoms with Crippen LogP contribution < -0.4 is 5.32 Å². The van der Waals surface area contributed by atoms with Crippen LogP contribution in [0.2, 0.25) is 0 Å². The van der Waals surface area contributed by atoms with Crippen molar-refractivity contribution >= 4 is 13.7 Å². The van der Waals surface area contributed by atoms with Gasteiger partial charge in [0.15, 0.2) is 5.85 Å². The van der Waals surface area contributed by atoms with E-state index < -0.39 is 31.2 Å². The van der Waals surface area contributed by atoms with Crippen molar-refractivity contribution in [3.8, 4) is 0 Å². The minimum absolute atomic E-state index is 0.652. The van der Waals surface area contributed by atoms with Gasteiger partial charge in [0, 0.05) is 14.2 Å². The average molecular weight is 283 g/mol. The molecule has 0 bridgehead atoms. The van der Waals surface area contributed by atoms with E-state index in [0.717, 1.165) is 14.2 Å². The molecule has 0 radical (unpaired) electrons. The Balaban J connectivity index is 4.54. The fourth-order valence-electron chi connectivity index (χ4n) is 1.13. The van der Waals surface area contributed by atoms with Gasteiger partial charge in [-0.2, -0.15) is 0 Å². The molecule has 108 valence electrons. The first-order chi connectivity index (χ1) is 8.05. The van der Waals surface area contributed by atoms with E-state index in [0.29, 0.717) is 0 Å². The van der Waals surface area contributed by atoms with Gasteiger partial charge in [-0.05, 0) is 27.7 Å². The molecule has 0 aliphatic heterocycles. The smallest absolute Gasteiger partial charge is 0.407 e. The SMILES string of the molecule is COP(=O)(OC)[C@H](O)[C@H](C)NC(=O)OC(C)(C)C. The molecule has 0 fully saturated rings. The highest BCUT2D eigenvalue weighted by molar-refractivity contribution is 7.54. The van der Waals surface area contributed by atoms with Crippen molar-refractivity contribution in [1.29, 1.82) is 0 Å². The third-order valence-corrected chi connectivity index (χ3v) is 4.14. The molecular weight excluding hydrogens is 261 g/mol. The summed E-state index contributed by atoms with van der Waals surface area (Å²) in [7, 11) is -1.33. The second-order valence-electron chi connectivity index (χ2n) is 4.75. The van der Waals surface area contributed by atoms with Gasteiger partial charge in [-0.3, -0.25) is 4.57 Å². The second kappa shape index (κ2) is 6.52. The maximum absolute atomic E-state index is 11.9. The molecule has 0 heterocycles. The van der Waals surface area contributed by atoms with Gasteiger partial charge in [0.1, 0.15) is 5.60 Å². The molecule has 0 unspecified atom stereocenters. The van der Waals surface area contributed by atoms with Crippen LogP contribution in [0.1, 0.15) is 27.7 Å². The standard InChI is InChI=1S/C10H22NO6P/c1-7(8(12)18(14,15-5)16-6)11-9(13)17-10(2,3)4/h7-8,12H,1-6H3,(H,11,13)/t7-,8-/m0/s1. The maximum atomic E-state index is 11.9. The lowest BCUT2D eigenvalue weighted by Crippen LogP contribution is -2.43. The van der Waals surface area contributed by atoms with E-state index in [-0.39, 0.29) is 0 Å². The largest absolute Gasteiger partial charge is 0.444 e. The first-order valence-electron chi connectivity index (χ1n) is 5.44. The third-order valence-electron chi connectivity index (χ3n) is 2.02. The Hall–Kier alpha value is -0.620. The highest BCUT2D eigenvalue weighted by Crippen LogP contribution is 2.51. The molecule has 0 aromatic carbocycles. The summed E-state index contributed by atoms with van der Waals surface area (Å²) in [5, 5.41) is 12.2. The van der Waals surface area contributed by atoms with Gasteiger partial charge < -0.3 is 24.2 Å². The van der Waals surface area contributed by atoms with Gasteiger partial charge in [0.25, 0.3) is 0 Å². The van der Waals surface area contributed by atoms with Crippen molar-refractivity contribution < 1.29 is 28.3 Å². The molecule has 0 aromatic heterocycles. The summed E-state index contributed by atoms with van der Waals surface area (Å²) in [6.07, 6.45) is -0.715. The molecule has 2 atom stereocenters. The van der Waals surface area contributed by atoms with Gasteiger partial charge in [-0.25, -0.2) is 4.79 Å². The van der Waals surface area contributed by atoms with E-state index in [4.69, 9.17) is 4.74 Å². The molecular formula is C10H22NO6P. The number of alkyl carbamates (subject to hydrolysis) is 1. The van der Waals surface area contributed by atoms with E-state index in [1.807, 2.05) is 0 Å². The van der Waals surface area contributed by atoms with Crippen LogP contribution in [0.5, 0.6) is 0 Å². The first-order valence-corrected chi connectivity index (χ1v) is 7.05. The second-order valence-corrected chi connectivity index (χ2v) is 7.09. The number of amides is 1. The van der Waals surface area contributed by atoms with E-state index in [1.54, 1.807) is 20.8 Å². The molecule has 0 spiro atoms. The number of hydrogen-bond donors (Lipinski definition) is 2. The molecule has 0 saturated carbocycles. The minimum Gasteiger partial charge on any atom is -0.444 e. The predicted molar refractivity (Wildman–Crippen MR) is 66.5 cm³/mol. The van der Waals surface area contributed by atoms with Gasteiger partial charge in [-0.1, -0.05) is 0 Å². The lowest BCUT2D eigenvalue weighted by molar-refractivity contribution is 0.0464. The Morgan fingerprint density at radius 2 is 1.72 bits per heavy atom. The van der Waals surface area contributed by atoms with Crippen LogP contribution in [0, 0.1) is 0 Å². The Morgan fingerprint density at radius 3 is 2.06 bits per heavy atom. The Bertz CT molecular complexity index is 319. The minimum atomic E-state index is -3.65. The number of aliphatic hydroxyl groups is 1. The zero-order valence-electron chi connectivity index (χ0n) is 11.6. The molecule has 0 rings (SSSR count). The topological polar surface area (TPSA) is 94.1 Å². The van der Waals surface area contributed by atoms with Crippen molar-refractivity contribution in [3.63, 3.8) is 0 Å². The zero-order chi connectivity index (χ0) is 14.6. The van der Waals surface area contributed by atoms with Crippen LogP contribution in [0.4, 0.5) is 4.79 Å². The zero-order valence-corrected chi connectivity index (χ0v) is 12.5. The lowest BCUT2D eigenvalue weighted by atomic mass is 10.2. The van der Waals surface area contributed by atoms with Gasteiger partial charge in [-0.15, -0.1) is 0 Å². The number of rotatable bonds is 5. The van der Waals surface area contributed by atoms with Crippen molar-refractivity contribution in [1.82, 2.24) is 5.32 Å². The van der Waals surface area contributed by atoms with Crippen molar-refractivity contribution in [3.05, 3.63) is 0 Å². The quantitative estimate of drug-likeness (QED) is 0.746. The molecule has 18 heavy (non-hydrogen) atoms. The number of aliphatic hydroxyl groups excluding tert-OH is 1. The van der Waals surface area contributed by atoms with Crippen LogP contribution in [0.15, 0.2) is 0 Å². The Kier molecular flexibility index (Phi) is 6.29. The third kappa shape index (κ3) is 5.35. The van der Waals surface area contributed by atoms with Crippen LogP contribution in [0.25, 0.3) is 0 Å². The number of nitrogens with one attached hydrogen (secondary N) is 1. The fraction of sp³-hybridized carbons (Fsp3) is 0.900. The highest BCUT2D eigenvalue weighted by atomic mass is 31.2. The summed E-state index contributed by atoms with van der Waals surface area (Å²) in [6.45, 7) is 6.61. The lowest BCUT2D eigenvalue weighted by Gasteiger charge is -2.27. The van der Waals surface area contributed by atoms with Crippen LogP contribution in [0.3, 0.4) is 0 Å². The van der Waals surface area contributed by atoms with Crippen molar-refractivity contribution in [2.45, 2.75) is 45.2 Å². The summed E-state index contributed by atoms with van der Waals surface area (Å²) in [6, 6.07) is -0.842. The fourth-order valence-corrected chi connectivity index (χ4v) is 2.34. The van der Waals surface area contributed by atoms with E-state index in [2.05, 4.69) is 14.4 Å². The van der Waals surface area contributed by atoms with E-state index >= 15 is 0 Å². The van der Waals surface area contributed by atoms with Gasteiger partial charge in [0.05, 0.1) is 6.04 Å². The van der Waals surface area contributed by atoms with Crippen molar-refractivity contribution in [2.24, 2.45) is 0 Å². The van der Waals surface area contributed by atoms with Crippen LogP contribution in [-0.4, -0.2) is 42.9 Å². The summed E-state index contributed by atoms with van der Waals surface area (Å²) < 4.78 is 26.2. The van der Waals surface area contributed by atoms with Crippen molar-refractivity contribution in [2.75, 3.05) is 14.2 Å². The van der Waals surface area contributed by atoms with Crippen LogP contribution in [-0.2, 0) is 18.3 Å². The summed E-state index contributed by atoms with van der Waals surface area (Å²) in [5.41, 5.74) is -0.652. The number of hydrogen-bond acceptors (Lipinski definition) is 6. The monoisotopic (exact) mass is 283 g/mol. The highest BCUT2D eigenvalue weighted by Gasteiger charge is 2.37. The summed E-state index contributed by atoms with van der Waals surface area (Å²) >= 11 is 0. The predicted octanol–water partition coefficient (Wildman–Crippen LogP) is 1.70. The first kappa shape index (κ1) is 17.4. The van der Waals surface area contributed by atoms with Crippen LogP contribution >= 0.6 is 7.60 Å².